The molecule has 0 aliphatic heterocycles. The van der Waals surface area contributed by atoms with Crippen LogP contribution in [0.2, 0.25) is 0 Å². The van der Waals surface area contributed by atoms with Gasteiger partial charge in [-0.05, 0) is 36.2 Å². The molecule has 2 aromatic carbocycles. The number of benzene rings is 2. The maximum absolute atomic E-state index is 5.65. The number of nitrogens with zero attached hydrogens (tertiary/aromatic N) is 1. The summed E-state index contributed by atoms with van der Waals surface area (Å²) in [4.78, 5) is 4.22. The molecule has 2 N–H and O–H groups in total. The highest BCUT2D eigenvalue weighted by Crippen LogP contribution is 2.27. The smallest absolute Gasteiger partial charge is 0.191 e. The van der Waals surface area contributed by atoms with Crippen LogP contribution in [0.15, 0.2) is 53.5 Å². The second-order valence-corrected chi connectivity index (χ2v) is 5.53. The Morgan fingerprint density at radius 2 is 1.65 bits per heavy atom. The van der Waals surface area contributed by atoms with Crippen LogP contribution >= 0.6 is 0 Å². The fourth-order valence-corrected chi connectivity index (χ4v) is 2.44. The first-order valence-corrected chi connectivity index (χ1v) is 8.60. The molecule has 6 heteroatoms. The minimum absolute atomic E-state index is 0.570. The average molecular weight is 357 g/mol. The molecule has 2 rings (SSSR count). The molecule has 0 atom stereocenters. The Labute approximate surface area is 155 Å². The van der Waals surface area contributed by atoms with Crippen LogP contribution in [0.5, 0.6) is 17.2 Å². The summed E-state index contributed by atoms with van der Waals surface area (Å²) in [6.07, 6.45) is 0.849. The minimum atomic E-state index is 0.570. The molecule has 0 saturated heterocycles. The molecular formula is C20H27N3O3. The topological polar surface area (TPSA) is 64.1 Å². The third-order valence-electron chi connectivity index (χ3n) is 3.78. The van der Waals surface area contributed by atoms with Crippen LogP contribution in [-0.4, -0.2) is 46.9 Å². The van der Waals surface area contributed by atoms with Crippen LogP contribution in [-0.2, 0) is 6.42 Å². The Kier molecular flexibility index (Phi) is 8.12. The number of para-hydroxylation sites is 1. The van der Waals surface area contributed by atoms with Gasteiger partial charge in [-0.25, -0.2) is 0 Å². The van der Waals surface area contributed by atoms with Crippen molar-refractivity contribution in [1.29, 1.82) is 0 Å². The number of aliphatic imine (C=N–C) groups is 1. The standard InChI is InChI=1S/C20H27N3O3/c1-21-20(23-13-14-26-17-7-5-4-6-8-17)22-12-11-16-9-10-18(24-2)19(15-16)25-3/h4-10,15H,11-14H2,1-3H3,(H2,21,22,23). The van der Waals surface area contributed by atoms with Gasteiger partial charge in [0, 0.05) is 13.6 Å². The van der Waals surface area contributed by atoms with Gasteiger partial charge in [0.15, 0.2) is 17.5 Å². The number of hydrogen-bond donors (Lipinski definition) is 2. The van der Waals surface area contributed by atoms with Crippen molar-refractivity contribution in [2.24, 2.45) is 4.99 Å². The van der Waals surface area contributed by atoms with E-state index in [1.165, 1.54) is 0 Å². The monoisotopic (exact) mass is 357 g/mol. The van der Waals surface area contributed by atoms with E-state index >= 15 is 0 Å². The Hall–Kier alpha value is -2.89. The fraction of sp³-hybridized carbons (Fsp3) is 0.350. The zero-order chi connectivity index (χ0) is 18.6. The average Bonchev–Trinajstić information content (AvgIpc) is 2.70. The van der Waals surface area contributed by atoms with E-state index in [0.717, 1.165) is 41.7 Å². The van der Waals surface area contributed by atoms with Crippen molar-refractivity contribution in [1.82, 2.24) is 10.6 Å². The Bertz CT molecular complexity index is 690. The molecule has 0 aliphatic carbocycles. The van der Waals surface area contributed by atoms with Crippen molar-refractivity contribution in [3.63, 3.8) is 0 Å². The zero-order valence-electron chi connectivity index (χ0n) is 15.6. The Morgan fingerprint density at radius 3 is 2.35 bits per heavy atom. The second kappa shape index (κ2) is 10.9. The maximum Gasteiger partial charge on any atom is 0.191 e. The lowest BCUT2D eigenvalue weighted by Gasteiger charge is -2.13. The largest absolute Gasteiger partial charge is 0.493 e. The normalized spacial score (nSPS) is 11.0. The number of ether oxygens (including phenoxy) is 3. The third kappa shape index (κ3) is 6.20. The molecule has 0 aromatic heterocycles. The fourth-order valence-electron chi connectivity index (χ4n) is 2.44. The van der Waals surface area contributed by atoms with Gasteiger partial charge < -0.3 is 24.8 Å². The minimum Gasteiger partial charge on any atom is -0.493 e. The first kappa shape index (κ1) is 19.4. The van der Waals surface area contributed by atoms with E-state index in [2.05, 4.69) is 15.6 Å². The second-order valence-electron chi connectivity index (χ2n) is 5.53. The predicted octanol–water partition coefficient (Wildman–Crippen LogP) is 2.49. The van der Waals surface area contributed by atoms with Crippen molar-refractivity contribution in [3.05, 3.63) is 54.1 Å². The highest BCUT2D eigenvalue weighted by Gasteiger charge is 2.05. The van der Waals surface area contributed by atoms with E-state index in [1.807, 2.05) is 48.5 Å². The Morgan fingerprint density at radius 1 is 0.923 bits per heavy atom. The lowest BCUT2D eigenvalue weighted by Crippen LogP contribution is -2.40. The molecular weight excluding hydrogens is 330 g/mol. The summed E-state index contributed by atoms with van der Waals surface area (Å²) >= 11 is 0. The van der Waals surface area contributed by atoms with Crippen molar-refractivity contribution in [2.45, 2.75) is 6.42 Å². The van der Waals surface area contributed by atoms with E-state index in [9.17, 15) is 0 Å². The zero-order valence-corrected chi connectivity index (χ0v) is 15.6. The SMILES string of the molecule is CN=C(NCCOc1ccccc1)NCCc1ccc(OC)c(OC)c1. The molecule has 0 heterocycles. The first-order chi connectivity index (χ1) is 12.8. The van der Waals surface area contributed by atoms with Gasteiger partial charge >= 0.3 is 0 Å². The van der Waals surface area contributed by atoms with Crippen LogP contribution in [0.1, 0.15) is 5.56 Å². The van der Waals surface area contributed by atoms with Gasteiger partial charge in [-0.15, -0.1) is 0 Å². The van der Waals surface area contributed by atoms with Crippen molar-refractivity contribution < 1.29 is 14.2 Å². The van der Waals surface area contributed by atoms with E-state index < -0.39 is 0 Å². The van der Waals surface area contributed by atoms with Crippen LogP contribution in [0.3, 0.4) is 0 Å². The van der Waals surface area contributed by atoms with Gasteiger partial charge in [0.1, 0.15) is 12.4 Å². The summed E-state index contributed by atoms with van der Waals surface area (Å²) in [5.74, 6) is 3.10. The van der Waals surface area contributed by atoms with Crippen molar-refractivity contribution >= 4 is 5.96 Å². The molecule has 0 spiro atoms. The molecule has 140 valence electrons. The summed E-state index contributed by atoms with van der Waals surface area (Å²) in [7, 11) is 5.03. The van der Waals surface area contributed by atoms with Crippen LogP contribution in [0.25, 0.3) is 0 Å². The summed E-state index contributed by atoms with van der Waals surface area (Å²) < 4.78 is 16.2. The van der Waals surface area contributed by atoms with Gasteiger partial charge in [0.25, 0.3) is 0 Å². The molecule has 0 fully saturated rings. The quantitative estimate of drug-likeness (QED) is 0.410. The van der Waals surface area contributed by atoms with Gasteiger partial charge in [-0.1, -0.05) is 24.3 Å². The third-order valence-corrected chi connectivity index (χ3v) is 3.78. The first-order valence-electron chi connectivity index (χ1n) is 8.60. The lowest BCUT2D eigenvalue weighted by molar-refractivity contribution is 0.322. The molecule has 0 bridgehead atoms. The van der Waals surface area contributed by atoms with Crippen LogP contribution in [0, 0.1) is 0 Å². The molecule has 2 aromatic rings. The molecule has 0 radical (unpaired) electrons. The summed E-state index contributed by atoms with van der Waals surface area (Å²) in [5, 5.41) is 6.53. The van der Waals surface area contributed by atoms with Gasteiger partial charge in [-0.2, -0.15) is 0 Å². The molecule has 6 nitrogen and oxygen atoms in total. The number of hydrogen-bond acceptors (Lipinski definition) is 4. The molecule has 0 saturated carbocycles. The van der Waals surface area contributed by atoms with Gasteiger partial charge in [-0.3, -0.25) is 4.99 Å². The van der Waals surface area contributed by atoms with E-state index in [1.54, 1.807) is 21.3 Å². The maximum atomic E-state index is 5.65. The lowest BCUT2D eigenvalue weighted by atomic mass is 10.1. The summed E-state index contributed by atoms with van der Waals surface area (Å²) in [5.41, 5.74) is 1.16. The Balaban J connectivity index is 1.70. The number of guanidine groups is 1. The van der Waals surface area contributed by atoms with E-state index in [-0.39, 0.29) is 0 Å². The highest BCUT2D eigenvalue weighted by molar-refractivity contribution is 5.79. The van der Waals surface area contributed by atoms with Crippen LogP contribution in [0.4, 0.5) is 0 Å². The number of rotatable bonds is 9. The van der Waals surface area contributed by atoms with E-state index in [0.29, 0.717) is 13.2 Å². The van der Waals surface area contributed by atoms with Crippen molar-refractivity contribution in [2.75, 3.05) is 41.0 Å². The van der Waals surface area contributed by atoms with Crippen molar-refractivity contribution in [3.8, 4) is 17.2 Å². The van der Waals surface area contributed by atoms with Crippen LogP contribution < -0.4 is 24.8 Å². The van der Waals surface area contributed by atoms with Gasteiger partial charge in [0.2, 0.25) is 0 Å². The summed E-state index contributed by atoms with van der Waals surface area (Å²) in [6.45, 7) is 2.00. The molecule has 0 aliphatic rings. The summed E-state index contributed by atoms with van der Waals surface area (Å²) in [6, 6.07) is 15.7. The predicted molar refractivity (Wildman–Crippen MR) is 105 cm³/mol. The molecule has 0 amide bonds. The number of nitrogens with one attached hydrogen (secondary N) is 2. The molecule has 0 unspecified atom stereocenters. The number of methoxy groups -OCH3 is 2. The molecule has 26 heavy (non-hydrogen) atoms. The highest BCUT2D eigenvalue weighted by atomic mass is 16.5. The van der Waals surface area contributed by atoms with E-state index in [4.69, 9.17) is 14.2 Å². The van der Waals surface area contributed by atoms with Gasteiger partial charge in [0.05, 0.1) is 20.8 Å².